The molecule has 1 heterocycles. The number of amides is 1. The van der Waals surface area contributed by atoms with Crippen molar-refractivity contribution in [1.29, 1.82) is 0 Å². The SMILES string of the molecule is CC(Oc1cccc(Cl)c1)C(=O)NC1(C)CCS(=O)(=O)C1. The van der Waals surface area contributed by atoms with Gasteiger partial charge in [-0.15, -0.1) is 0 Å². The first-order valence-electron chi connectivity index (χ1n) is 6.64. The third-order valence-electron chi connectivity index (χ3n) is 3.41. The lowest BCUT2D eigenvalue weighted by Gasteiger charge is -2.26. The molecule has 21 heavy (non-hydrogen) atoms. The number of ether oxygens (including phenoxy) is 1. The number of halogens is 1. The standard InChI is InChI=1S/C14H18ClNO4S/c1-10(20-12-5-3-4-11(15)8-12)13(17)16-14(2)6-7-21(18,19)9-14/h3-5,8,10H,6-7,9H2,1-2H3,(H,16,17). The van der Waals surface area contributed by atoms with E-state index in [1.54, 1.807) is 38.1 Å². The van der Waals surface area contributed by atoms with Gasteiger partial charge in [0, 0.05) is 5.02 Å². The molecule has 2 unspecified atom stereocenters. The van der Waals surface area contributed by atoms with Gasteiger partial charge >= 0.3 is 0 Å². The fraction of sp³-hybridized carbons (Fsp3) is 0.500. The fourth-order valence-corrected chi connectivity index (χ4v) is 4.58. The number of nitrogens with one attached hydrogen (secondary N) is 1. The normalized spacial score (nSPS) is 25.3. The van der Waals surface area contributed by atoms with Crippen molar-refractivity contribution in [2.24, 2.45) is 0 Å². The molecule has 0 radical (unpaired) electrons. The average molecular weight is 332 g/mol. The summed E-state index contributed by atoms with van der Waals surface area (Å²) in [5, 5.41) is 3.29. The maximum atomic E-state index is 12.1. The van der Waals surface area contributed by atoms with Gasteiger partial charge in [-0.1, -0.05) is 17.7 Å². The van der Waals surface area contributed by atoms with Gasteiger partial charge in [-0.3, -0.25) is 4.79 Å². The van der Waals surface area contributed by atoms with Gasteiger partial charge in [-0.2, -0.15) is 0 Å². The highest BCUT2D eigenvalue weighted by molar-refractivity contribution is 7.91. The lowest BCUT2D eigenvalue weighted by Crippen LogP contribution is -2.51. The first kappa shape index (κ1) is 16.1. The summed E-state index contributed by atoms with van der Waals surface area (Å²) in [5.41, 5.74) is -0.720. The second-order valence-electron chi connectivity index (χ2n) is 5.61. The minimum atomic E-state index is -3.06. The van der Waals surface area contributed by atoms with Crippen LogP contribution in [0.5, 0.6) is 5.75 Å². The predicted molar refractivity (Wildman–Crippen MR) is 81.4 cm³/mol. The van der Waals surface area contributed by atoms with Crippen LogP contribution in [-0.4, -0.2) is 37.5 Å². The molecular formula is C14H18ClNO4S. The Balaban J connectivity index is 1.97. The van der Waals surface area contributed by atoms with Crippen LogP contribution < -0.4 is 10.1 Å². The molecule has 0 aliphatic carbocycles. The molecule has 1 fully saturated rings. The lowest BCUT2D eigenvalue weighted by molar-refractivity contribution is -0.128. The Morgan fingerprint density at radius 1 is 1.48 bits per heavy atom. The Kier molecular flexibility index (Phi) is 4.49. The summed E-state index contributed by atoms with van der Waals surface area (Å²) < 4.78 is 28.6. The number of benzene rings is 1. The molecule has 0 saturated carbocycles. The van der Waals surface area contributed by atoms with E-state index < -0.39 is 21.5 Å². The quantitative estimate of drug-likeness (QED) is 0.913. The van der Waals surface area contributed by atoms with Gasteiger partial charge in [0.05, 0.1) is 17.0 Å². The molecule has 0 spiro atoms. The molecule has 1 aromatic carbocycles. The third kappa shape index (κ3) is 4.35. The van der Waals surface area contributed by atoms with Crippen LogP contribution >= 0.6 is 11.6 Å². The summed E-state index contributed by atoms with van der Waals surface area (Å²) in [5.74, 6) is 0.229. The summed E-state index contributed by atoms with van der Waals surface area (Å²) in [7, 11) is -3.06. The summed E-state index contributed by atoms with van der Waals surface area (Å²) >= 11 is 5.85. The largest absolute Gasteiger partial charge is 0.481 e. The number of carbonyl (C=O) groups is 1. The number of rotatable bonds is 4. The molecule has 0 bridgehead atoms. The highest BCUT2D eigenvalue weighted by atomic mass is 35.5. The fourth-order valence-electron chi connectivity index (χ4n) is 2.31. The van der Waals surface area contributed by atoms with Crippen molar-refractivity contribution in [3.63, 3.8) is 0 Å². The third-order valence-corrected chi connectivity index (χ3v) is 5.54. The van der Waals surface area contributed by atoms with E-state index in [2.05, 4.69) is 5.32 Å². The van der Waals surface area contributed by atoms with Crippen molar-refractivity contribution >= 4 is 27.3 Å². The molecule has 1 aliphatic heterocycles. The Morgan fingerprint density at radius 2 is 2.19 bits per heavy atom. The van der Waals surface area contributed by atoms with E-state index >= 15 is 0 Å². The maximum absolute atomic E-state index is 12.1. The zero-order valence-electron chi connectivity index (χ0n) is 11.9. The van der Waals surface area contributed by atoms with Crippen LogP contribution in [0.2, 0.25) is 5.02 Å². The van der Waals surface area contributed by atoms with E-state index in [0.717, 1.165) is 0 Å². The van der Waals surface area contributed by atoms with Crippen molar-refractivity contribution in [2.45, 2.75) is 31.9 Å². The molecule has 1 saturated heterocycles. The molecule has 1 N–H and O–H groups in total. The first-order chi connectivity index (χ1) is 9.69. The van der Waals surface area contributed by atoms with E-state index in [1.165, 1.54) is 0 Å². The van der Waals surface area contributed by atoms with E-state index in [0.29, 0.717) is 17.2 Å². The van der Waals surface area contributed by atoms with E-state index in [-0.39, 0.29) is 17.4 Å². The van der Waals surface area contributed by atoms with Crippen LogP contribution in [0.15, 0.2) is 24.3 Å². The summed E-state index contributed by atoms with van der Waals surface area (Å²) in [6, 6.07) is 6.77. The van der Waals surface area contributed by atoms with E-state index in [9.17, 15) is 13.2 Å². The zero-order chi connectivity index (χ0) is 15.7. The van der Waals surface area contributed by atoms with Gasteiger partial charge in [0.2, 0.25) is 0 Å². The minimum absolute atomic E-state index is 0.0321. The van der Waals surface area contributed by atoms with Crippen molar-refractivity contribution in [2.75, 3.05) is 11.5 Å². The molecule has 0 aromatic heterocycles. The molecule has 7 heteroatoms. The van der Waals surface area contributed by atoms with Crippen LogP contribution in [0.1, 0.15) is 20.3 Å². The lowest BCUT2D eigenvalue weighted by atomic mass is 10.0. The van der Waals surface area contributed by atoms with Crippen LogP contribution in [-0.2, 0) is 14.6 Å². The molecule has 1 aromatic rings. The van der Waals surface area contributed by atoms with Crippen LogP contribution in [0.25, 0.3) is 0 Å². The van der Waals surface area contributed by atoms with Gasteiger partial charge in [0.25, 0.3) is 5.91 Å². The van der Waals surface area contributed by atoms with Crippen LogP contribution in [0, 0.1) is 0 Å². The predicted octanol–water partition coefficient (Wildman–Crippen LogP) is 1.80. The Bertz CT molecular complexity index is 646. The van der Waals surface area contributed by atoms with Crippen molar-refractivity contribution < 1.29 is 17.9 Å². The van der Waals surface area contributed by atoms with Gasteiger partial charge in [0.1, 0.15) is 5.75 Å². The van der Waals surface area contributed by atoms with Crippen molar-refractivity contribution in [3.05, 3.63) is 29.3 Å². The van der Waals surface area contributed by atoms with Crippen LogP contribution in [0.4, 0.5) is 0 Å². The molecule has 1 aliphatic rings. The molecule has 2 atom stereocenters. The van der Waals surface area contributed by atoms with Crippen LogP contribution in [0.3, 0.4) is 0 Å². The van der Waals surface area contributed by atoms with Gasteiger partial charge in [0.15, 0.2) is 15.9 Å². The molecule has 2 rings (SSSR count). The Hall–Kier alpha value is -1.27. The summed E-state index contributed by atoms with van der Waals surface area (Å²) in [4.78, 5) is 12.1. The highest BCUT2D eigenvalue weighted by Gasteiger charge is 2.40. The number of sulfone groups is 1. The monoisotopic (exact) mass is 331 g/mol. The van der Waals surface area contributed by atoms with E-state index in [1.807, 2.05) is 0 Å². The topological polar surface area (TPSA) is 72.5 Å². The minimum Gasteiger partial charge on any atom is -0.481 e. The summed E-state index contributed by atoms with van der Waals surface area (Å²) in [6.07, 6.45) is -0.311. The van der Waals surface area contributed by atoms with Gasteiger partial charge in [-0.05, 0) is 38.5 Å². The smallest absolute Gasteiger partial charge is 0.261 e. The summed E-state index contributed by atoms with van der Waals surface area (Å²) in [6.45, 7) is 3.35. The molecule has 116 valence electrons. The number of hydrogen-bond acceptors (Lipinski definition) is 4. The molecule has 1 amide bonds. The highest BCUT2D eigenvalue weighted by Crippen LogP contribution is 2.23. The maximum Gasteiger partial charge on any atom is 0.261 e. The Labute approximate surface area is 129 Å². The van der Waals surface area contributed by atoms with E-state index in [4.69, 9.17) is 16.3 Å². The molecular weight excluding hydrogens is 314 g/mol. The second-order valence-corrected chi connectivity index (χ2v) is 8.23. The second kappa shape index (κ2) is 5.85. The first-order valence-corrected chi connectivity index (χ1v) is 8.84. The number of carbonyl (C=O) groups excluding carboxylic acids is 1. The van der Waals surface area contributed by atoms with Crippen molar-refractivity contribution in [3.8, 4) is 5.75 Å². The number of hydrogen-bond donors (Lipinski definition) is 1. The average Bonchev–Trinajstić information content (AvgIpc) is 2.63. The Morgan fingerprint density at radius 3 is 2.76 bits per heavy atom. The zero-order valence-corrected chi connectivity index (χ0v) is 13.5. The van der Waals surface area contributed by atoms with Crippen molar-refractivity contribution in [1.82, 2.24) is 5.32 Å². The van der Waals surface area contributed by atoms with Gasteiger partial charge < -0.3 is 10.1 Å². The molecule has 5 nitrogen and oxygen atoms in total. The van der Waals surface area contributed by atoms with Gasteiger partial charge in [-0.25, -0.2) is 8.42 Å².